The minimum atomic E-state index is -0.908. The predicted molar refractivity (Wildman–Crippen MR) is 89.6 cm³/mol. The van der Waals surface area contributed by atoms with Gasteiger partial charge in [0.1, 0.15) is 19.0 Å². The average Bonchev–Trinajstić information content (AvgIpc) is 2.67. The molecule has 0 unspecified atom stereocenters. The number of esters is 1. The van der Waals surface area contributed by atoms with Crippen molar-refractivity contribution in [1.82, 2.24) is 0 Å². The minimum absolute atomic E-state index is 0.284. The number of hydrogen-bond acceptors (Lipinski definition) is 6. The van der Waals surface area contributed by atoms with Crippen LogP contribution in [-0.2, 0) is 4.74 Å². The van der Waals surface area contributed by atoms with Gasteiger partial charge in [-0.05, 0) is 49.4 Å². The maximum absolute atomic E-state index is 12.4. The quantitative estimate of drug-likeness (QED) is 0.615. The van der Waals surface area contributed by atoms with E-state index in [0.29, 0.717) is 41.6 Å². The first-order valence-corrected chi connectivity index (χ1v) is 7.87. The molecule has 0 aromatic heterocycles. The molecule has 0 radical (unpaired) electrons. The summed E-state index contributed by atoms with van der Waals surface area (Å²) in [5, 5.41) is 0. The van der Waals surface area contributed by atoms with Crippen molar-refractivity contribution in [2.24, 2.45) is 0 Å². The molecule has 0 saturated heterocycles. The first-order chi connectivity index (χ1) is 12.1. The first-order valence-electron chi connectivity index (χ1n) is 7.87. The normalized spacial score (nSPS) is 13.7. The van der Waals surface area contributed by atoms with Crippen LogP contribution in [0.2, 0.25) is 0 Å². The van der Waals surface area contributed by atoms with Gasteiger partial charge in [-0.1, -0.05) is 0 Å². The van der Waals surface area contributed by atoms with Crippen LogP contribution < -0.4 is 14.2 Å². The Morgan fingerprint density at radius 1 is 0.960 bits per heavy atom. The van der Waals surface area contributed by atoms with Crippen LogP contribution in [0.15, 0.2) is 42.5 Å². The summed E-state index contributed by atoms with van der Waals surface area (Å²) in [4.78, 5) is 24.7. The Balaban J connectivity index is 1.68. The lowest BCUT2D eigenvalue weighted by Crippen LogP contribution is -2.24. The molecule has 0 saturated carbocycles. The highest BCUT2D eigenvalue weighted by atomic mass is 16.6. The number of carbonyl (C=O) groups excluding carboxylic acids is 2. The lowest BCUT2D eigenvalue weighted by Gasteiger charge is -2.19. The third-order valence-electron chi connectivity index (χ3n) is 3.81. The van der Waals surface area contributed by atoms with E-state index in [0.717, 1.165) is 0 Å². The van der Waals surface area contributed by atoms with Crippen LogP contribution in [0.4, 0.5) is 0 Å². The van der Waals surface area contributed by atoms with Crippen molar-refractivity contribution in [1.29, 1.82) is 0 Å². The van der Waals surface area contributed by atoms with E-state index in [1.165, 1.54) is 0 Å². The van der Waals surface area contributed by atoms with Crippen molar-refractivity contribution >= 4 is 11.8 Å². The van der Waals surface area contributed by atoms with Gasteiger partial charge in [0.25, 0.3) is 0 Å². The highest BCUT2D eigenvalue weighted by molar-refractivity contribution is 6.01. The van der Waals surface area contributed by atoms with Crippen molar-refractivity contribution in [3.05, 3.63) is 53.6 Å². The summed E-state index contributed by atoms with van der Waals surface area (Å²) in [5.74, 6) is 0.859. The van der Waals surface area contributed by atoms with Gasteiger partial charge in [0.2, 0.25) is 5.78 Å². The van der Waals surface area contributed by atoms with E-state index in [-0.39, 0.29) is 5.78 Å². The number of methoxy groups -OCH3 is 1. The first kappa shape index (κ1) is 16.8. The highest BCUT2D eigenvalue weighted by Gasteiger charge is 2.22. The van der Waals surface area contributed by atoms with Crippen molar-refractivity contribution in [3.8, 4) is 17.2 Å². The molecule has 3 rings (SSSR count). The molecule has 1 atom stereocenters. The summed E-state index contributed by atoms with van der Waals surface area (Å²) in [7, 11) is 1.55. The van der Waals surface area contributed by atoms with Gasteiger partial charge in [-0.15, -0.1) is 0 Å². The molecule has 25 heavy (non-hydrogen) atoms. The van der Waals surface area contributed by atoms with E-state index in [9.17, 15) is 9.59 Å². The van der Waals surface area contributed by atoms with E-state index in [4.69, 9.17) is 18.9 Å². The van der Waals surface area contributed by atoms with Gasteiger partial charge in [-0.3, -0.25) is 4.79 Å². The Hall–Kier alpha value is -3.02. The molecule has 0 bridgehead atoms. The number of fused-ring (bicyclic) bond motifs is 1. The number of benzene rings is 2. The smallest absolute Gasteiger partial charge is 0.338 e. The second-order valence-electron chi connectivity index (χ2n) is 5.50. The number of ether oxygens (including phenoxy) is 4. The Labute approximate surface area is 145 Å². The van der Waals surface area contributed by atoms with Gasteiger partial charge in [0.05, 0.1) is 12.7 Å². The predicted octanol–water partition coefficient (Wildman–Crippen LogP) is 2.89. The number of rotatable bonds is 5. The lowest BCUT2D eigenvalue weighted by molar-refractivity contribution is 0.0318. The number of hydrogen-bond donors (Lipinski definition) is 0. The summed E-state index contributed by atoms with van der Waals surface area (Å²) >= 11 is 0. The molecule has 0 aliphatic carbocycles. The zero-order valence-electron chi connectivity index (χ0n) is 14.0. The van der Waals surface area contributed by atoms with Crippen molar-refractivity contribution in [2.75, 3.05) is 20.3 Å². The van der Waals surface area contributed by atoms with Gasteiger partial charge < -0.3 is 18.9 Å². The van der Waals surface area contributed by atoms with Crippen LogP contribution in [0.5, 0.6) is 17.2 Å². The Morgan fingerprint density at radius 3 is 2.28 bits per heavy atom. The van der Waals surface area contributed by atoms with Gasteiger partial charge in [-0.2, -0.15) is 0 Å². The fourth-order valence-corrected chi connectivity index (χ4v) is 2.44. The topological polar surface area (TPSA) is 71.1 Å². The molecule has 2 aromatic carbocycles. The van der Waals surface area contributed by atoms with E-state index >= 15 is 0 Å². The Morgan fingerprint density at radius 2 is 1.60 bits per heavy atom. The van der Waals surface area contributed by atoms with Crippen LogP contribution in [0.1, 0.15) is 27.6 Å². The monoisotopic (exact) mass is 342 g/mol. The van der Waals surface area contributed by atoms with Gasteiger partial charge in [0.15, 0.2) is 17.6 Å². The molecular weight excluding hydrogens is 324 g/mol. The highest BCUT2D eigenvalue weighted by Crippen LogP contribution is 2.31. The summed E-state index contributed by atoms with van der Waals surface area (Å²) < 4.78 is 21.2. The van der Waals surface area contributed by atoms with Crippen molar-refractivity contribution < 1.29 is 28.5 Å². The Bertz CT molecular complexity index is 781. The lowest BCUT2D eigenvalue weighted by atomic mass is 10.1. The molecule has 0 spiro atoms. The van der Waals surface area contributed by atoms with E-state index in [1.807, 2.05) is 0 Å². The van der Waals surface area contributed by atoms with Gasteiger partial charge in [-0.25, -0.2) is 4.79 Å². The average molecular weight is 342 g/mol. The summed E-state index contributed by atoms with van der Waals surface area (Å²) in [5.41, 5.74) is 0.752. The van der Waals surface area contributed by atoms with Crippen LogP contribution >= 0.6 is 0 Å². The van der Waals surface area contributed by atoms with Crippen molar-refractivity contribution in [2.45, 2.75) is 13.0 Å². The summed E-state index contributed by atoms with van der Waals surface area (Å²) in [6, 6.07) is 11.4. The molecular formula is C19H18O6. The van der Waals surface area contributed by atoms with E-state index in [2.05, 4.69) is 0 Å². The number of carbonyl (C=O) groups is 2. The largest absolute Gasteiger partial charge is 0.497 e. The zero-order valence-corrected chi connectivity index (χ0v) is 14.0. The maximum Gasteiger partial charge on any atom is 0.338 e. The summed E-state index contributed by atoms with van der Waals surface area (Å²) in [6.07, 6.45) is -0.908. The SMILES string of the molecule is COc1ccc(C(=O)[C@@H](C)OC(=O)c2ccc3c(c2)OCCO3)cc1. The van der Waals surface area contributed by atoms with Crippen LogP contribution in [-0.4, -0.2) is 38.2 Å². The van der Waals surface area contributed by atoms with Gasteiger partial charge >= 0.3 is 5.97 Å². The molecule has 6 heteroatoms. The van der Waals surface area contributed by atoms with Crippen LogP contribution in [0.25, 0.3) is 0 Å². The molecule has 1 aliphatic rings. The fraction of sp³-hybridized carbons (Fsp3) is 0.263. The third kappa shape index (κ3) is 3.74. The molecule has 6 nitrogen and oxygen atoms in total. The zero-order chi connectivity index (χ0) is 17.8. The minimum Gasteiger partial charge on any atom is -0.497 e. The standard InChI is InChI=1S/C19H18O6/c1-12(18(20)13-3-6-15(22-2)7-4-13)25-19(21)14-5-8-16-17(11-14)24-10-9-23-16/h3-8,11-12H,9-10H2,1-2H3/t12-/m1/s1. The second-order valence-corrected chi connectivity index (χ2v) is 5.50. The Kier molecular flexibility index (Phi) is 4.88. The summed E-state index contributed by atoms with van der Waals surface area (Å²) in [6.45, 7) is 2.45. The van der Waals surface area contributed by atoms with Crippen LogP contribution in [0, 0.1) is 0 Å². The van der Waals surface area contributed by atoms with E-state index < -0.39 is 12.1 Å². The van der Waals surface area contributed by atoms with Crippen molar-refractivity contribution in [3.63, 3.8) is 0 Å². The second kappa shape index (κ2) is 7.25. The number of ketones is 1. The molecule has 0 N–H and O–H groups in total. The third-order valence-corrected chi connectivity index (χ3v) is 3.81. The van der Waals surface area contributed by atoms with Crippen LogP contribution in [0.3, 0.4) is 0 Å². The fourth-order valence-electron chi connectivity index (χ4n) is 2.44. The molecule has 1 aliphatic heterocycles. The molecule has 2 aromatic rings. The molecule has 1 heterocycles. The molecule has 0 amide bonds. The molecule has 0 fully saturated rings. The van der Waals surface area contributed by atoms with E-state index in [1.54, 1.807) is 56.5 Å². The number of Topliss-reactive ketones (excluding diaryl/α,β-unsaturated/α-hetero) is 1. The maximum atomic E-state index is 12.4. The molecule has 130 valence electrons. The van der Waals surface area contributed by atoms with Gasteiger partial charge in [0, 0.05) is 5.56 Å².